The van der Waals surface area contributed by atoms with Crippen molar-refractivity contribution >= 4 is 5.96 Å². The standard InChI is InChI=1S/C11H21N3O/c1-8(2)13-11(12)14-6-7-15-10-5-3-4-9(10)14/h8-10H,3-7H2,1-2H3,(H2,12,13). The molecule has 4 nitrogen and oxygen atoms in total. The third-order valence-electron chi connectivity index (χ3n) is 3.17. The van der Waals surface area contributed by atoms with Crippen LogP contribution in [0.25, 0.3) is 0 Å². The fraction of sp³-hybridized carbons (Fsp3) is 0.909. The summed E-state index contributed by atoms with van der Waals surface area (Å²) in [5.74, 6) is 0.699. The van der Waals surface area contributed by atoms with E-state index in [1.807, 2.05) is 0 Å². The van der Waals surface area contributed by atoms with Crippen molar-refractivity contribution in [1.29, 1.82) is 0 Å². The molecule has 1 saturated carbocycles. The molecule has 1 heterocycles. The zero-order valence-electron chi connectivity index (χ0n) is 9.65. The summed E-state index contributed by atoms with van der Waals surface area (Å²) in [4.78, 5) is 6.66. The first-order valence-corrected chi connectivity index (χ1v) is 5.90. The summed E-state index contributed by atoms with van der Waals surface area (Å²) < 4.78 is 5.74. The van der Waals surface area contributed by atoms with Crippen LogP contribution >= 0.6 is 0 Å². The molecule has 15 heavy (non-hydrogen) atoms. The minimum Gasteiger partial charge on any atom is -0.374 e. The maximum Gasteiger partial charge on any atom is 0.191 e. The van der Waals surface area contributed by atoms with Crippen LogP contribution in [0.4, 0.5) is 0 Å². The van der Waals surface area contributed by atoms with Crippen LogP contribution in [-0.4, -0.2) is 42.2 Å². The molecule has 0 aromatic heterocycles. The Kier molecular flexibility index (Phi) is 3.14. The van der Waals surface area contributed by atoms with Gasteiger partial charge in [-0.15, -0.1) is 0 Å². The van der Waals surface area contributed by atoms with Gasteiger partial charge < -0.3 is 15.4 Å². The summed E-state index contributed by atoms with van der Waals surface area (Å²) in [7, 11) is 0. The van der Waals surface area contributed by atoms with E-state index >= 15 is 0 Å². The number of nitrogens with zero attached hydrogens (tertiary/aromatic N) is 2. The van der Waals surface area contributed by atoms with Crippen LogP contribution in [0.1, 0.15) is 33.1 Å². The molecule has 1 aliphatic carbocycles. The number of nitrogens with two attached hydrogens (primary N) is 1. The van der Waals surface area contributed by atoms with Gasteiger partial charge in [-0.25, -0.2) is 0 Å². The summed E-state index contributed by atoms with van der Waals surface area (Å²) in [5.41, 5.74) is 6.03. The van der Waals surface area contributed by atoms with Crippen molar-refractivity contribution in [3.8, 4) is 0 Å². The lowest BCUT2D eigenvalue weighted by atomic mass is 10.1. The highest BCUT2D eigenvalue weighted by Crippen LogP contribution is 2.29. The molecule has 1 saturated heterocycles. The molecule has 2 fully saturated rings. The van der Waals surface area contributed by atoms with E-state index in [0.717, 1.165) is 13.2 Å². The fourth-order valence-corrected chi connectivity index (χ4v) is 2.55. The van der Waals surface area contributed by atoms with Crippen molar-refractivity contribution < 1.29 is 4.74 Å². The molecule has 0 radical (unpaired) electrons. The Morgan fingerprint density at radius 3 is 3.00 bits per heavy atom. The molecule has 0 spiro atoms. The molecule has 2 unspecified atom stereocenters. The first-order chi connectivity index (χ1) is 7.18. The highest BCUT2D eigenvalue weighted by molar-refractivity contribution is 5.78. The number of morpholine rings is 1. The number of ether oxygens (including phenoxy) is 1. The largest absolute Gasteiger partial charge is 0.374 e. The third kappa shape index (κ3) is 2.25. The van der Waals surface area contributed by atoms with Gasteiger partial charge in [-0.1, -0.05) is 0 Å². The van der Waals surface area contributed by atoms with Gasteiger partial charge in [0.1, 0.15) is 0 Å². The molecule has 4 heteroatoms. The average Bonchev–Trinajstić information content (AvgIpc) is 2.63. The molecule has 1 aliphatic heterocycles. The van der Waals surface area contributed by atoms with Crippen molar-refractivity contribution in [3.05, 3.63) is 0 Å². The lowest BCUT2D eigenvalue weighted by Crippen LogP contribution is -2.54. The van der Waals surface area contributed by atoms with E-state index in [4.69, 9.17) is 10.5 Å². The molecule has 2 atom stereocenters. The van der Waals surface area contributed by atoms with Gasteiger partial charge in [0.15, 0.2) is 5.96 Å². The minimum absolute atomic E-state index is 0.271. The smallest absolute Gasteiger partial charge is 0.191 e. The van der Waals surface area contributed by atoms with Gasteiger partial charge in [0.05, 0.1) is 18.8 Å². The van der Waals surface area contributed by atoms with Crippen LogP contribution in [0.2, 0.25) is 0 Å². The van der Waals surface area contributed by atoms with Gasteiger partial charge in [-0.2, -0.15) is 0 Å². The molecule has 2 N–H and O–H groups in total. The van der Waals surface area contributed by atoms with Crippen LogP contribution in [0.5, 0.6) is 0 Å². The van der Waals surface area contributed by atoms with Crippen LogP contribution in [-0.2, 0) is 4.74 Å². The predicted molar refractivity (Wildman–Crippen MR) is 60.8 cm³/mol. The topological polar surface area (TPSA) is 50.8 Å². The number of rotatable bonds is 1. The number of guanidine groups is 1. The lowest BCUT2D eigenvalue weighted by Gasteiger charge is -2.38. The molecule has 0 aromatic rings. The van der Waals surface area contributed by atoms with Gasteiger partial charge >= 0.3 is 0 Å². The second-order valence-electron chi connectivity index (χ2n) is 4.68. The Morgan fingerprint density at radius 1 is 1.47 bits per heavy atom. The van der Waals surface area contributed by atoms with Crippen LogP contribution in [0, 0.1) is 0 Å². The molecular weight excluding hydrogens is 190 g/mol. The van der Waals surface area contributed by atoms with Gasteiger partial charge in [0.2, 0.25) is 0 Å². The summed E-state index contributed by atoms with van der Waals surface area (Å²) in [5, 5.41) is 0. The average molecular weight is 211 g/mol. The van der Waals surface area contributed by atoms with E-state index in [1.54, 1.807) is 0 Å². The number of aliphatic imine (C=N–C) groups is 1. The first kappa shape index (κ1) is 10.7. The quantitative estimate of drug-likeness (QED) is 0.519. The number of fused-ring (bicyclic) bond motifs is 1. The van der Waals surface area contributed by atoms with Crippen molar-refractivity contribution in [3.63, 3.8) is 0 Å². The summed E-state index contributed by atoms with van der Waals surface area (Å²) in [6.07, 6.45) is 4.01. The summed E-state index contributed by atoms with van der Waals surface area (Å²) >= 11 is 0. The lowest BCUT2D eigenvalue weighted by molar-refractivity contribution is -0.0298. The molecule has 0 amide bonds. The zero-order chi connectivity index (χ0) is 10.8. The monoisotopic (exact) mass is 211 g/mol. The number of hydrogen-bond donors (Lipinski definition) is 1. The Balaban J connectivity index is 2.07. The summed E-state index contributed by atoms with van der Waals surface area (Å²) in [6, 6.07) is 0.744. The normalized spacial score (nSPS) is 32.2. The van der Waals surface area contributed by atoms with E-state index in [9.17, 15) is 0 Å². The van der Waals surface area contributed by atoms with Crippen LogP contribution in [0.15, 0.2) is 4.99 Å². The Labute approximate surface area is 91.5 Å². The maximum absolute atomic E-state index is 6.03. The third-order valence-corrected chi connectivity index (χ3v) is 3.17. The Bertz CT molecular complexity index is 252. The van der Waals surface area contributed by atoms with E-state index < -0.39 is 0 Å². The highest BCUT2D eigenvalue weighted by atomic mass is 16.5. The second-order valence-corrected chi connectivity index (χ2v) is 4.68. The van der Waals surface area contributed by atoms with Gasteiger partial charge in [0, 0.05) is 12.6 Å². The maximum atomic E-state index is 6.03. The highest BCUT2D eigenvalue weighted by Gasteiger charge is 2.36. The fourth-order valence-electron chi connectivity index (χ4n) is 2.55. The van der Waals surface area contributed by atoms with Crippen molar-refractivity contribution in [2.24, 2.45) is 10.7 Å². The Hall–Kier alpha value is -0.770. The molecule has 2 aliphatic rings. The van der Waals surface area contributed by atoms with Crippen LogP contribution < -0.4 is 5.73 Å². The van der Waals surface area contributed by atoms with Crippen molar-refractivity contribution in [2.75, 3.05) is 13.2 Å². The second kappa shape index (κ2) is 4.39. The SMILES string of the molecule is CC(C)N=C(N)N1CCOC2CCCC21. The van der Waals surface area contributed by atoms with Gasteiger partial charge in [0.25, 0.3) is 0 Å². The van der Waals surface area contributed by atoms with E-state index in [1.165, 1.54) is 19.3 Å². The predicted octanol–water partition coefficient (Wildman–Crippen LogP) is 0.963. The summed E-state index contributed by atoms with van der Waals surface area (Å²) in [6.45, 7) is 5.79. The van der Waals surface area contributed by atoms with Crippen molar-refractivity contribution in [2.45, 2.75) is 51.3 Å². The first-order valence-electron chi connectivity index (χ1n) is 5.90. The molecule has 2 rings (SSSR count). The molecule has 0 aromatic carbocycles. The number of hydrogen-bond acceptors (Lipinski definition) is 2. The van der Waals surface area contributed by atoms with E-state index in [2.05, 4.69) is 23.7 Å². The van der Waals surface area contributed by atoms with Gasteiger partial charge in [-0.3, -0.25) is 4.99 Å². The van der Waals surface area contributed by atoms with Crippen LogP contribution in [0.3, 0.4) is 0 Å². The van der Waals surface area contributed by atoms with Crippen molar-refractivity contribution in [1.82, 2.24) is 4.90 Å². The van der Waals surface area contributed by atoms with Gasteiger partial charge in [-0.05, 0) is 33.1 Å². The van der Waals surface area contributed by atoms with E-state index in [-0.39, 0.29) is 6.04 Å². The minimum atomic E-state index is 0.271. The zero-order valence-corrected chi connectivity index (χ0v) is 9.65. The molecule has 0 bridgehead atoms. The Morgan fingerprint density at radius 2 is 2.27 bits per heavy atom. The molecular formula is C11H21N3O. The molecule has 86 valence electrons. The van der Waals surface area contributed by atoms with E-state index in [0.29, 0.717) is 18.1 Å².